The molecular formula is C31H36F2N4O3. The zero-order valence-electron chi connectivity index (χ0n) is 23.1. The smallest absolute Gasteiger partial charge is 0.251 e. The summed E-state index contributed by atoms with van der Waals surface area (Å²) in [5.41, 5.74) is 2.04. The zero-order chi connectivity index (χ0) is 28.8. The van der Waals surface area contributed by atoms with Crippen LogP contribution in [-0.2, 0) is 16.0 Å². The highest BCUT2D eigenvalue weighted by Gasteiger charge is 2.28. The highest BCUT2D eigenvalue weighted by atomic mass is 19.1. The van der Waals surface area contributed by atoms with E-state index in [0.717, 1.165) is 5.56 Å². The summed E-state index contributed by atoms with van der Waals surface area (Å²) in [5.74, 6) is -0.823. The van der Waals surface area contributed by atoms with Crippen molar-refractivity contribution in [3.8, 4) is 11.1 Å². The first-order chi connectivity index (χ1) is 19.1. The Balaban J connectivity index is 1.60. The standard InChI is InChI=1S/C31H36F2N4O3/c1-20(2)12-29(37-17-22(8-9-30(37)39)10-11-36-18-25(32)19-36)31(40)35-28(13-21(3)38)24-14-23(15-34-16-24)26-6-4-5-7-27(26)33/h4-9,14-17,20,25,28-29H,10-13,18-19H2,1-3H3,(H,35,40)/t28-,29-/m0/s1. The monoisotopic (exact) mass is 550 g/mol. The molecule has 1 N–H and O–H groups in total. The van der Waals surface area contributed by atoms with Crippen LogP contribution in [0.2, 0.25) is 0 Å². The third-order valence-electron chi connectivity index (χ3n) is 7.12. The molecule has 1 fully saturated rings. The molecule has 2 aromatic heterocycles. The van der Waals surface area contributed by atoms with Crippen molar-refractivity contribution in [2.75, 3.05) is 19.6 Å². The van der Waals surface area contributed by atoms with Crippen LogP contribution < -0.4 is 10.9 Å². The van der Waals surface area contributed by atoms with Crippen molar-refractivity contribution < 1.29 is 18.4 Å². The van der Waals surface area contributed by atoms with Gasteiger partial charge in [0.2, 0.25) is 5.91 Å². The van der Waals surface area contributed by atoms with Crippen LogP contribution in [0.5, 0.6) is 0 Å². The Morgan fingerprint density at radius 3 is 2.55 bits per heavy atom. The molecule has 0 aliphatic carbocycles. The van der Waals surface area contributed by atoms with Gasteiger partial charge in [0, 0.05) is 61.8 Å². The van der Waals surface area contributed by atoms with Gasteiger partial charge in [0.05, 0.1) is 6.04 Å². The number of Topliss-reactive ketones (excluding diaryl/α,β-unsaturated/α-hetero) is 1. The summed E-state index contributed by atoms with van der Waals surface area (Å²) in [6.07, 6.45) is 5.08. The molecule has 0 bridgehead atoms. The molecule has 0 unspecified atom stereocenters. The number of benzene rings is 1. The first-order valence-electron chi connectivity index (χ1n) is 13.7. The van der Waals surface area contributed by atoms with Crippen LogP contribution in [0.15, 0.2) is 65.8 Å². The molecule has 40 heavy (non-hydrogen) atoms. The normalized spacial score (nSPS) is 15.4. The lowest BCUT2D eigenvalue weighted by atomic mass is 9.97. The van der Waals surface area contributed by atoms with E-state index in [9.17, 15) is 23.2 Å². The van der Waals surface area contributed by atoms with Crippen LogP contribution in [0.4, 0.5) is 8.78 Å². The van der Waals surface area contributed by atoms with Crippen LogP contribution in [0.3, 0.4) is 0 Å². The van der Waals surface area contributed by atoms with E-state index in [1.165, 1.54) is 29.8 Å². The van der Waals surface area contributed by atoms with Crippen LogP contribution in [-0.4, -0.2) is 51.9 Å². The summed E-state index contributed by atoms with van der Waals surface area (Å²) < 4.78 is 29.1. The van der Waals surface area contributed by atoms with Crippen molar-refractivity contribution in [3.63, 3.8) is 0 Å². The number of halogens is 2. The number of rotatable bonds is 12. The summed E-state index contributed by atoms with van der Waals surface area (Å²) in [5, 5.41) is 2.98. The molecular weight excluding hydrogens is 514 g/mol. The summed E-state index contributed by atoms with van der Waals surface area (Å²) >= 11 is 0. The van der Waals surface area contributed by atoms with Crippen molar-refractivity contribution in [1.82, 2.24) is 19.8 Å². The number of ketones is 1. The zero-order valence-corrected chi connectivity index (χ0v) is 23.1. The lowest BCUT2D eigenvalue weighted by molar-refractivity contribution is -0.126. The number of likely N-dealkylation sites (tertiary alicyclic amines) is 1. The van der Waals surface area contributed by atoms with E-state index in [4.69, 9.17) is 0 Å². The Morgan fingerprint density at radius 1 is 1.12 bits per heavy atom. The van der Waals surface area contributed by atoms with Gasteiger partial charge in [-0.15, -0.1) is 0 Å². The molecule has 212 valence electrons. The molecule has 3 aromatic rings. The number of carbonyl (C=O) groups is 2. The van der Waals surface area contributed by atoms with E-state index in [1.54, 1.807) is 42.7 Å². The predicted octanol–water partition coefficient (Wildman–Crippen LogP) is 4.67. The fourth-order valence-electron chi connectivity index (χ4n) is 5.01. The average Bonchev–Trinajstić information content (AvgIpc) is 2.89. The number of amides is 1. The molecule has 9 heteroatoms. The molecule has 0 saturated carbocycles. The molecule has 0 radical (unpaired) electrons. The highest BCUT2D eigenvalue weighted by Crippen LogP contribution is 2.27. The van der Waals surface area contributed by atoms with Crippen LogP contribution in [0.25, 0.3) is 11.1 Å². The molecule has 0 spiro atoms. The largest absolute Gasteiger partial charge is 0.347 e. The van der Waals surface area contributed by atoms with Gasteiger partial charge in [-0.1, -0.05) is 38.1 Å². The molecule has 1 aliphatic heterocycles. The molecule has 1 saturated heterocycles. The second-order valence-corrected chi connectivity index (χ2v) is 11.0. The van der Waals surface area contributed by atoms with Gasteiger partial charge in [-0.2, -0.15) is 0 Å². The number of hydrogen-bond donors (Lipinski definition) is 1. The molecule has 1 amide bonds. The van der Waals surface area contributed by atoms with Crippen LogP contribution in [0.1, 0.15) is 56.8 Å². The summed E-state index contributed by atoms with van der Waals surface area (Å²) in [7, 11) is 0. The molecule has 4 rings (SSSR count). The second-order valence-electron chi connectivity index (χ2n) is 11.0. The lowest BCUT2D eigenvalue weighted by Crippen LogP contribution is -2.49. The van der Waals surface area contributed by atoms with Gasteiger partial charge >= 0.3 is 0 Å². The topological polar surface area (TPSA) is 84.3 Å². The summed E-state index contributed by atoms with van der Waals surface area (Å²) in [6.45, 7) is 6.90. The van der Waals surface area contributed by atoms with E-state index in [1.807, 2.05) is 18.7 Å². The van der Waals surface area contributed by atoms with Gasteiger partial charge in [0.15, 0.2) is 0 Å². The van der Waals surface area contributed by atoms with Crippen molar-refractivity contribution in [2.24, 2.45) is 5.92 Å². The minimum absolute atomic E-state index is 0.0167. The number of pyridine rings is 2. The minimum Gasteiger partial charge on any atom is -0.347 e. The molecule has 3 heterocycles. The fourth-order valence-corrected chi connectivity index (χ4v) is 5.01. The maximum atomic E-state index is 14.5. The second kappa shape index (κ2) is 13.1. The first kappa shape index (κ1) is 29.3. The Morgan fingerprint density at radius 2 is 1.88 bits per heavy atom. The maximum Gasteiger partial charge on any atom is 0.251 e. The van der Waals surface area contributed by atoms with E-state index in [0.29, 0.717) is 49.2 Å². The lowest BCUT2D eigenvalue weighted by Gasteiger charge is -2.34. The first-order valence-corrected chi connectivity index (χ1v) is 13.7. The average molecular weight is 551 g/mol. The van der Waals surface area contributed by atoms with Crippen molar-refractivity contribution in [3.05, 3.63) is 88.4 Å². The van der Waals surface area contributed by atoms with Crippen molar-refractivity contribution >= 4 is 11.7 Å². The SMILES string of the molecule is CC(=O)C[C@H](NC(=O)[C@H](CC(C)C)n1cc(CCN2CC(F)C2)ccc1=O)c1cncc(-c2ccccc2F)c1. The van der Waals surface area contributed by atoms with Gasteiger partial charge in [-0.25, -0.2) is 8.78 Å². The quantitative estimate of drug-likeness (QED) is 0.354. The van der Waals surface area contributed by atoms with Gasteiger partial charge in [0.1, 0.15) is 23.8 Å². The van der Waals surface area contributed by atoms with Gasteiger partial charge in [0.25, 0.3) is 5.56 Å². The van der Waals surface area contributed by atoms with Crippen molar-refractivity contribution in [2.45, 2.75) is 58.3 Å². The molecule has 2 atom stereocenters. The van der Waals surface area contributed by atoms with E-state index in [-0.39, 0.29) is 23.7 Å². The number of nitrogens with zero attached hydrogens (tertiary/aromatic N) is 3. The van der Waals surface area contributed by atoms with E-state index < -0.39 is 30.0 Å². The van der Waals surface area contributed by atoms with Gasteiger partial charge in [-0.05, 0) is 48.9 Å². The van der Waals surface area contributed by atoms with Crippen molar-refractivity contribution in [1.29, 1.82) is 0 Å². The number of hydrogen-bond acceptors (Lipinski definition) is 5. The minimum atomic E-state index is -0.802. The highest BCUT2D eigenvalue weighted by molar-refractivity contribution is 5.82. The maximum absolute atomic E-state index is 14.5. The van der Waals surface area contributed by atoms with Gasteiger partial charge < -0.3 is 9.88 Å². The molecule has 7 nitrogen and oxygen atoms in total. The van der Waals surface area contributed by atoms with Crippen LogP contribution in [0, 0.1) is 11.7 Å². The Hall–Kier alpha value is -3.72. The van der Waals surface area contributed by atoms with E-state index in [2.05, 4.69) is 10.3 Å². The third kappa shape index (κ3) is 7.47. The molecule has 1 aromatic carbocycles. The Labute approximate surface area is 233 Å². The number of aromatic nitrogens is 2. The predicted molar refractivity (Wildman–Crippen MR) is 150 cm³/mol. The number of nitrogens with one attached hydrogen (secondary N) is 1. The van der Waals surface area contributed by atoms with E-state index >= 15 is 0 Å². The number of alkyl halides is 1. The fraction of sp³-hybridized carbons (Fsp3) is 0.419. The number of carbonyl (C=O) groups excluding carboxylic acids is 2. The Kier molecular flexibility index (Phi) is 9.58. The molecule has 1 aliphatic rings. The third-order valence-corrected chi connectivity index (χ3v) is 7.12. The summed E-state index contributed by atoms with van der Waals surface area (Å²) in [4.78, 5) is 45.2. The van der Waals surface area contributed by atoms with Gasteiger partial charge in [-0.3, -0.25) is 24.3 Å². The Bertz CT molecular complexity index is 1400. The summed E-state index contributed by atoms with van der Waals surface area (Å²) in [6, 6.07) is 9.75. The van der Waals surface area contributed by atoms with Crippen LogP contribution >= 0.6 is 0 Å².